The lowest BCUT2D eigenvalue weighted by Gasteiger charge is -2.10. The Labute approximate surface area is 131 Å². The van der Waals surface area contributed by atoms with Gasteiger partial charge in [-0.25, -0.2) is 14.1 Å². The molecule has 0 amide bonds. The highest BCUT2D eigenvalue weighted by molar-refractivity contribution is 6.32. The molecule has 0 fully saturated rings. The van der Waals surface area contributed by atoms with E-state index in [1.54, 1.807) is 10.7 Å². The zero-order chi connectivity index (χ0) is 15.1. The van der Waals surface area contributed by atoms with E-state index in [4.69, 9.17) is 23.2 Å². The highest BCUT2D eigenvalue weighted by Crippen LogP contribution is 2.29. The van der Waals surface area contributed by atoms with Gasteiger partial charge in [0.05, 0.1) is 22.3 Å². The summed E-state index contributed by atoms with van der Waals surface area (Å²) < 4.78 is 16.8. The van der Waals surface area contributed by atoms with Crippen LogP contribution in [0.3, 0.4) is 0 Å². The van der Waals surface area contributed by atoms with Gasteiger partial charge < -0.3 is 0 Å². The second-order valence-electron chi connectivity index (χ2n) is 4.69. The molecule has 2 heterocycles. The molecule has 21 heavy (non-hydrogen) atoms. The standard InChI is InChI=1S/C14H13Cl2FN4/c1-3-10-13-14(20(2)19-10)21(12(7-15)18-13)11-5-4-8(17)6-9(11)16/h4-6H,3,7H2,1-2H3. The first-order valence-corrected chi connectivity index (χ1v) is 7.42. The molecular formula is C14H13Cl2FN4. The molecule has 0 saturated carbocycles. The molecule has 0 aliphatic heterocycles. The fraction of sp³-hybridized carbons (Fsp3) is 0.286. The number of fused-ring (bicyclic) bond motifs is 1. The molecule has 0 aliphatic carbocycles. The van der Waals surface area contributed by atoms with E-state index in [-0.39, 0.29) is 11.7 Å². The first kappa shape index (κ1) is 14.4. The lowest BCUT2D eigenvalue weighted by Crippen LogP contribution is -2.05. The smallest absolute Gasteiger partial charge is 0.163 e. The van der Waals surface area contributed by atoms with Gasteiger partial charge in [0.15, 0.2) is 5.65 Å². The third-order valence-corrected chi connectivity index (χ3v) is 3.92. The van der Waals surface area contributed by atoms with Crippen molar-refractivity contribution in [3.8, 4) is 5.69 Å². The monoisotopic (exact) mass is 326 g/mol. The molecule has 0 atom stereocenters. The Morgan fingerprint density at radius 1 is 1.33 bits per heavy atom. The van der Waals surface area contributed by atoms with E-state index in [0.29, 0.717) is 16.5 Å². The fourth-order valence-electron chi connectivity index (χ4n) is 2.47. The average molecular weight is 327 g/mol. The van der Waals surface area contributed by atoms with Crippen molar-refractivity contribution in [3.05, 3.63) is 40.6 Å². The van der Waals surface area contributed by atoms with Crippen LogP contribution in [0.25, 0.3) is 16.9 Å². The van der Waals surface area contributed by atoms with Crippen molar-refractivity contribution in [1.29, 1.82) is 0 Å². The third-order valence-electron chi connectivity index (χ3n) is 3.38. The van der Waals surface area contributed by atoms with Crippen molar-refractivity contribution in [3.63, 3.8) is 0 Å². The third kappa shape index (κ3) is 2.21. The largest absolute Gasteiger partial charge is 0.278 e. The Bertz CT molecular complexity index is 822. The lowest BCUT2D eigenvalue weighted by atomic mass is 10.3. The van der Waals surface area contributed by atoms with Gasteiger partial charge in [-0.1, -0.05) is 18.5 Å². The summed E-state index contributed by atoms with van der Waals surface area (Å²) in [6.07, 6.45) is 0.771. The molecule has 110 valence electrons. The van der Waals surface area contributed by atoms with E-state index in [9.17, 15) is 4.39 Å². The van der Waals surface area contributed by atoms with E-state index in [1.807, 2.05) is 18.5 Å². The lowest BCUT2D eigenvalue weighted by molar-refractivity contribution is 0.627. The fourth-order valence-corrected chi connectivity index (χ4v) is 2.90. The van der Waals surface area contributed by atoms with Gasteiger partial charge in [-0.3, -0.25) is 4.57 Å². The summed E-state index contributed by atoms with van der Waals surface area (Å²) in [6.45, 7) is 2.02. The van der Waals surface area contributed by atoms with Crippen LogP contribution in [0.15, 0.2) is 18.2 Å². The normalized spacial score (nSPS) is 11.5. The molecule has 2 aromatic heterocycles. The number of halogens is 3. The minimum Gasteiger partial charge on any atom is -0.278 e. The predicted molar refractivity (Wildman–Crippen MR) is 81.7 cm³/mol. The van der Waals surface area contributed by atoms with E-state index in [0.717, 1.165) is 23.3 Å². The zero-order valence-corrected chi connectivity index (χ0v) is 13.1. The molecular weight excluding hydrogens is 314 g/mol. The first-order valence-electron chi connectivity index (χ1n) is 6.51. The Morgan fingerprint density at radius 2 is 2.10 bits per heavy atom. The number of rotatable bonds is 3. The van der Waals surface area contributed by atoms with E-state index in [1.165, 1.54) is 12.1 Å². The number of hydrogen-bond acceptors (Lipinski definition) is 2. The molecule has 1 aromatic carbocycles. The summed E-state index contributed by atoms with van der Waals surface area (Å²) >= 11 is 12.2. The molecule has 0 saturated heterocycles. The topological polar surface area (TPSA) is 35.6 Å². The molecule has 0 N–H and O–H groups in total. The van der Waals surface area contributed by atoms with Crippen molar-refractivity contribution in [2.45, 2.75) is 19.2 Å². The Balaban J connectivity index is 2.37. The maximum Gasteiger partial charge on any atom is 0.163 e. The summed E-state index contributed by atoms with van der Waals surface area (Å²) in [4.78, 5) is 4.56. The van der Waals surface area contributed by atoms with Crippen LogP contribution in [0.2, 0.25) is 5.02 Å². The van der Waals surface area contributed by atoms with Crippen molar-refractivity contribution < 1.29 is 4.39 Å². The van der Waals surface area contributed by atoms with Crippen LogP contribution in [0.5, 0.6) is 0 Å². The second-order valence-corrected chi connectivity index (χ2v) is 5.36. The van der Waals surface area contributed by atoms with E-state index >= 15 is 0 Å². The number of benzene rings is 1. The van der Waals surface area contributed by atoms with Crippen molar-refractivity contribution in [1.82, 2.24) is 19.3 Å². The van der Waals surface area contributed by atoms with Crippen LogP contribution in [0, 0.1) is 5.82 Å². The molecule has 3 rings (SSSR count). The van der Waals surface area contributed by atoms with Gasteiger partial charge in [-0.2, -0.15) is 5.10 Å². The summed E-state index contributed by atoms with van der Waals surface area (Å²) in [5, 5.41) is 4.76. The average Bonchev–Trinajstić information content (AvgIpc) is 2.97. The molecule has 3 aromatic rings. The van der Waals surface area contributed by atoms with Crippen LogP contribution < -0.4 is 0 Å². The van der Waals surface area contributed by atoms with Gasteiger partial charge in [-0.15, -0.1) is 11.6 Å². The number of aromatic nitrogens is 4. The highest BCUT2D eigenvalue weighted by Gasteiger charge is 2.20. The van der Waals surface area contributed by atoms with E-state index < -0.39 is 0 Å². The van der Waals surface area contributed by atoms with Gasteiger partial charge in [0.25, 0.3) is 0 Å². The first-order chi connectivity index (χ1) is 10.1. The molecule has 0 spiro atoms. The SMILES string of the molecule is CCc1nn(C)c2c1nc(CCl)n2-c1ccc(F)cc1Cl. The van der Waals surface area contributed by atoms with Crippen molar-refractivity contribution in [2.24, 2.45) is 7.05 Å². The Hall–Kier alpha value is -1.59. The maximum absolute atomic E-state index is 13.3. The quantitative estimate of drug-likeness (QED) is 0.685. The highest BCUT2D eigenvalue weighted by atomic mass is 35.5. The van der Waals surface area contributed by atoms with Gasteiger partial charge >= 0.3 is 0 Å². The number of alkyl halides is 1. The number of hydrogen-bond donors (Lipinski definition) is 0. The van der Waals surface area contributed by atoms with Gasteiger partial charge in [0.1, 0.15) is 17.2 Å². The summed E-state index contributed by atoms with van der Waals surface area (Å²) in [6, 6.07) is 4.26. The Kier molecular flexibility index (Phi) is 3.63. The number of nitrogens with zero attached hydrogens (tertiary/aromatic N) is 4. The molecule has 0 unspecified atom stereocenters. The van der Waals surface area contributed by atoms with Crippen LogP contribution in [-0.4, -0.2) is 19.3 Å². The molecule has 0 bridgehead atoms. The molecule has 0 radical (unpaired) electrons. The van der Waals surface area contributed by atoms with Gasteiger partial charge in [-0.05, 0) is 24.6 Å². The minimum absolute atomic E-state index is 0.228. The second kappa shape index (κ2) is 5.31. The van der Waals surface area contributed by atoms with Gasteiger partial charge in [0, 0.05) is 7.05 Å². The summed E-state index contributed by atoms with van der Waals surface area (Å²) in [5.74, 6) is 0.501. The summed E-state index contributed by atoms with van der Waals surface area (Å²) in [7, 11) is 1.84. The molecule has 0 aliphatic rings. The van der Waals surface area contributed by atoms with Crippen LogP contribution in [-0.2, 0) is 19.3 Å². The zero-order valence-electron chi connectivity index (χ0n) is 11.6. The Morgan fingerprint density at radius 3 is 2.71 bits per heavy atom. The van der Waals surface area contributed by atoms with Crippen LogP contribution >= 0.6 is 23.2 Å². The number of aryl methyl sites for hydroxylation is 2. The summed E-state index contributed by atoms with van der Waals surface area (Å²) in [5.41, 5.74) is 3.14. The van der Waals surface area contributed by atoms with Crippen molar-refractivity contribution in [2.75, 3.05) is 0 Å². The maximum atomic E-state index is 13.3. The van der Waals surface area contributed by atoms with Gasteiger partial charge in [0.2, 0.25) is 0 Å². The van der Waals surface area contributed by atoms with E-state index in [2.05, 4.69) is 10.1 Å². The van der Waals surface area contributed by atoms with Crippen LogP contribution in [0.4, 0.5) is 4.39 Å². The predicted octanol–water partition coefficient (Wildman–Crippen LogP) is 3.85. The van der Waals surface area contributed by atoms with Crippen LogP contribution in [0.1, 0.15) is 18.4 Å². The minimum atomic E-state index is -0.383. The molecule has 7 heteroatoms. The van der Waals surface area contributed by atoms with Crippen molar-refractivity contribution >= 4 is 34.4 Å². The molecule has 4 nitrogen and oxygen atoms in total. The number of imidazole rings is 1.